The Labute approximate surface area is 248 Å². The molecule has 0 radical (unpaired) electrons. The topological polar surface area (TPSA) is 116 Å². The van der Waals surface area contributed by atoms with Gasteiger partial charge in [-0.05, 0) is 44.4 Å². The highest BCUT2D eigenvalue weighted by atomic mass is 35.5. The van der Waals surface area contributed by atoms with Gasteiger partial charge in [-0.25, -0.2) is 0 Å². The van der Waals surface area contributed by atoms with Gasteiger partial charge in [0.25, 0.3) is 0 Å². The van der Waals surface area contributed by atoms with Crippen LogP contribution in [-0.4, -0.2) is 116 Å². The van der Waals surface area contributed by atoms with Gasteiger partial charge in [0, 0.05) is 57.7 Å². The Morgan fingerprint density at radius 1 is 1.00 bits per heavy atom. The van der Waals surface area contributed by atoms with Crippen LogP contribution < -0.4 is 26.6 Å². The number of carbonyl (C=O) groups is 2. The van der Waals surface area contributed by atoms with Gasteiger partial charge in [0.05, 0.1) is 23.6 Å². The fourth-order valence-electron chi connectivity index (χ4n) is 7.29. The van der Waals surface area contributed by atoms with Gasteiger partial charge in [-0.15, -0.1) is 23.4 Å². The summed E-state index contributed by atoms with van der Waals surface area (Å²) >= 11 is 8.00. The number of methoxy groups -OCH3 is 2. The number of ether oxygens (including phenoxy) is 2. The van der Waals surface area contributed by atoms with Gasteiger partial charge in [-0.3, -0.25) is 25.5 Å². The van der Waals surface area contributed by atoms with Gasteiger partial charge in [0.2, 0.25) is 11.8 Å². The van der Waals surface area contributed by atoms with Crippen molar-refractivity contribution in [1.29, 1.82) is 0 Å². The van der Waals surface area contributed by atoms with Crippen LogP contribution in [0.15, 0.2) is 0 Å². The molecule has 2 amide bonds. The quantitative estimate of drug-likeness (QED) is 0.216. The molecular formula is C26H42ClF3N6O4S. The first-order chi connectivity index (χ1) is 19.5. The second-order valence-corrected chi connectivity index (χ2v) is 13.9. The molecule has 234 valence electrons. The number of hydrogen-bond donors (Lipinski definition) is 5. The van der Waals surface area contributed by atoms with Crippen LogP contribution in [0.5, 0.6) is 0 Å². The monoisotopic (exact) mass is 626 g/mol. The largest absolute Gasteiger partial charge is 0.403 e. The summed E-state index contributed by atoms with van der Waals surface area (Å²) in [4.78, 5) is 28.5. The van der Waals surface area contributed by atoms with Crippen LogP contribution in [0, 0.1) is 17.8 Å². The van der Waals surface area contributed by atoms with Crippen LogP contribution >= 0.6 is 23.4 Å². The van der Waals surface area contributed by atoms with Gasteiger partial charge in [0.1, 0.15) is 17.6 Å². The van der Waals surface area contributed by atoms with Crippen molar-refractivity contribution >= 4 is 35.2 Å². The van der Waals surface area contributed by atoms with Crippen LogP contribution in [0.2, 0.25) is 0 Å². The van der Waals surface area contributed by atoms with Gasteiger partial charge < -0.3 is 25.0 Å². The van der Waals surface area contributed by atoms with Gasteiger partial charge in [-0.2, -0.15) is 13.2 Å². The van der Waals surface area contributed by atoms with E-state index in [4.69, 9.17) is 21.1 Å². The minimum absolute atomic E-state index is 0.0137. The zero-order valence-corrected chi connectivity index (χ0v) is 25.2. The first-order valence-electron chi connectivity index (χ1n) is 14.5. The average molecular weight is 627 g/mol. The zero-order valence-electron chi connectivity index (χ0n) is 23.6. The SMILES string of the molecule is COC1CCC(C(F)(F)F)NC1C(=O)N1CC2NC(NC(=O)C3CNC(C)CC3C3CC(Cl)NCC3OC)SC2C1. The van der Waals surface area contributed by atoms with E-state index in [2.05, 4.69) is 33.5 Å². The van der Waals surface area contributed by atoms with Gasteiger partial charge in [-0.1, -0.05) is 0 Å². The van der Waals surface area contributed by atoms with E-state index in [0.717, 1.165) is 12.8 Å². The van der Waals surface area contributed by atoms with Crippen LogP contribution in [0.4, 0.5) is 13.2 Å². The van der Waals surface area contributed by atoms with E-state index in [9.17, 15) is 22.8 Å². The van der Waals surface area contributed by atoms with Crippen LogP contribution in [0.1, 0.15) is 32.6 Å². The number of nitrogens with one attached hydrogen (secondary N) is 5. The number of rotatable bonds is 6. The highest BCUT2D eigenvalue weighted by molar-refractivity contribution is 8.00. The Hall–Kier alpha value is -0.870. The maximum Gasteiger partial charge on any atom is 0.403 e. The Morgan fingerprint density at radius 2 is 1.76 bits per heavy atom. The Bertz CT molecular complexity index is 941. The molecule has 5 fully saturated rings. The molecule has 5 N–H and O–H groups in total. The average Bonchev–Trinajstić information content (AvgIpc) is 3.50. The molecule has 0 aromatic rings. The van der Waals surface area contributed by atoms with Crippen molar-refractivity contribution in [1.82, 2.24) is 31.5 Å². The molecule has 0 spiro atoms. The lowest BCUT2D eigenvalue weighted by molar-refractivity contribution is -0.173. The standard InChI is InChI=1S/C26H42ClF3N6O4S/c1-12-6-13(14-7-21(27)32-9-18(14)40-3)15(8-31-12)23(37)35-25-33-16-10-36(11-19(16)41-25)24(38)22-17(39-2)4-5-20(34-22)26(28,29)30/h12-22,25,31-34H,4-11H2,1-3H3,(H,35,37). The predicted molar refractivity (Wildman–Crippen MR) is 149 cm³/mol. The maximum atomic E-state index is 13.6. The van der Waals surface area contributed by atoms with Crippen LogP contribution in [-0.2, 0) is 19.1 Å². The molecule has 5 heterocycles. The second-order valence-electron chi connectivity index (χ2n) is 12.0. The molecule has 0 bridgehead atoms. The molecule has 0 aliphatic carbocycles. The van der Waals surface area contributed by atoms with Gasteiger partial charge in [0.15, 0.2) is 0 Å². The number of fused-ring (bicyclic) bond motifs is 1. The third-order valence-electron chi connectivity index (χ3n) is 9.50. The van der Waals surface area contributed by atoms with E-state index in [0.29, 0.717) is 26.2 Å². The smallest absolute Gasteiger partial charge is 0.380 e. The molecule has 41 heavy (non-hydrogen) atoms. The Balaban J connectivity index is 1.17. The molecule has 5 aliphatic heterocycles. The summed E-state index contributed by atoms with van der Waals surface area (Å²) in [6, 6.07) is -2.56. The third-order valence-corrected chi connectivity index (χ3v) is 11.2. The minimum Gasteiger partial charge on any atom is -0.380 e. The lowest BCUT2D eigenvalue weighted by atomic mass is 9.70. The molecule has 0 aromatic carbocycles. The summed E-state index contributed by atoms with van der Waals surface area (Å²) in [5.74, 6) is -0.356. The van der Waals surface area contributed by atoms with E-state index in [1.165, 1.54) is 7.11 Å². The molecule has 5 rings (SSSR count). The van der Waals surface area contributed by atoms with Crippen molar-refractivity contribution < 1.29 is 32.2 Å². The number of carbonyl (C=O) groups excluding carboxylic acids is 2. The number of halogens is 4. The lowest BCUT2D eigenvalue weighted by Crippen LogP contribution is -2.62. The number of likely N-dealkylation sites (tertiary alicyclic amines) is 1. The summed E-state index contributed by atoms with van der Waals surface area (Å²) in [5.41, 5.74) is -0.462. The molecule has 15 heteroatoms. The number of piperidine rings is 3. The van der Waals surface area contributed by atoms with Gasteiger partial charge >= 0.3 is 6.18 Å². The van der Waals surface area contributed by atoms with Crippen molar-refractivity contribution in [3.63, 3.8) is 0 Å². The molecule has 0 saturated carbocycles. The maximum absolute atomic E-state index is 13.6. The highest BCUT2D eigenvalue weighted by Gasteiger charge is 2.51. The first kappa shape index (κ1) is 31.6. The highest BCUT2D eigenvalue weighted by Crippen LogP contribution is 2.39. The minimum atomic E-state index is -4.42. The van der Waals surface area contributed by atoms with E-state index in [1.807, 2.05) is 0 Å². The van der Waals surface area contributed by atoms with Crippen molar-refractivity contribution in [2.45, 2.75) is 91.4 Å². The van der Waals surface area contributed by atoms with Crippen LogP contribution in [0.25, 0.3) is 0 Å². The Kier molecular flexibility index (Phi) is 10.0. The fraction of sp³-hybridized carbons (Fsp3) is 0.923. The number of thioether (sulfide) groups is 1. The molecule has 10 nitrogen and oxygen atoms in total. The molecule has 5 saturated heterocycles. The summed E-state index contributed by atoms with van der Waals surface area (Å²) in [5, 5.41) is 15.8. The second kappa shape index (κ2) is 13.0. The van der Waals surface area contributed by atoms with Crippen LogP contribution in [0.3, 0.4) is 0 Å². The first-order valence-corrected chi connectivity index (χ1v) is 15.9. The number of nitrogens with zero attached hydrogens (tertiary/aromatic N) is 1. The van der Waals surface area contributed by atoms with E-state index in [-0.39, 0.29) is 76.8 Å². The number of amides is 2. The summed E-state index contributed by atoms with van der Waals surface area (Å²) in [6.07, 6.45) is -3.42. The fourth-order valence-corrected chi connectivity index (χ4v) is 8.99. The molecule has 12 unspecified atom stereocenters. The number of hydrogen-bond acceptors (Lipinski definition) is 9. The van der Waals surface area contributed by atoms with Crippen molar-refractivity contribution in [3.8, 4) is 0 Å². The predicted octanol–water partition coefficient (Wildman–Crippen LogP) is 0.804. The van der Waals surface area contributed by atoms with Crippen molar-refractivity contribution in [2.24, 2.45) is 17.8 Å². The van der Waals surface area contributed by atoms with E-state index < -0.39 is 24.4 Å². The molecule has 5 aliphatic rings. The molecular weight excluding hydrogens is 585 g/mol. The number of alkyl halides is 4. The zero-order chi connectivity index (χ0) is 29.5. The summed E-state index contributed by atoms with van der Waals surface area (Å²) < 4.78 is 51.2. The molecule has 0 aromatic heterocycles. The molecule has 12 atom stereocenters. The summed E-state index contributed by atoms with van der Waals surface area (Å²) in [6.45, 7) is 4.11. The lowest BCUT2D eigenvalue weighted by Gasteiger charge is -2.45. The van der Waals surface area contributed by atoms with Crippen molar-refractivity contribution in [3.05, 3.63) is 0 Å². The normalized spacial score (nSPS) is 43.5. The van der Waals surface area contributed by atoms with E-state index in [1.54, 1.807) is 23.8 Å². The van der Waals surface area contributed by atoms with Crippen molar-refractivity contribution in [2.75, 3.05) is 40.4 Å². The third kappa shape index (κ3) is 6.95. The summed E-state index contributed by atoms with van der Waals surface area (Å²) in [7, 11) is 3.12. The van der Waals surface area contributed by atoms with E-state index >= 15 is 0 Å². The Morgan fingerprint density at radius 3 is 2.44 bits per heavy atom.